The molecule has 4 aromatic rings. The largest absolute Gasteiger partial charge is 0.454 e. The molecule has 222 valence electrons. The standard InChI is InChI=1S/C33H36N6O4/c1-33(2,3)43-32(41)39-14-6-9-26(39)30-35-18-24(37-30)20-11-13-27-22(15-20)31(40)38-23-12-10-21(16-28(23)42-27)25-17-34-29(36-25)19-7-4-5-8-19/h10-13,15-19,26H,4-9,14H2,1-3H3,(H,34,36)(H,35,37)(H,38,40)/t26-/m0/s1. The molecule has 3 aliphatic rings. The Balaban J connectivity index is 1.12. The molecule has 1 atom stereocenters. The van der Waals surface area contributed by atoms with Gasteiger partial charge in [0.25, 0.3) is 5.91 Å². The van der Waals surface area contributed by atoms with Crippen molar-refractivity contribution < 1.29 is 19.1 Å². The average Bonchev–Trinajstić information content (AvgIpc) is 3.78. The lowest BCUT2D eigenvalue weighted by molar-refractivity contribution is 0.0218. The van der Waals surface area contributed by atoms with Crippen LogP contribution in [0.15, 0.2) is 48.8 Å². The van der Waals surface area contributed by atoms with E-state index in [0.717, 1.165) is 41.2 Å². The predicted octanol–water partition coefficient (Wildman–Crippen LogP) is 7.55. The quantitative estimate of drug-likeness (QED) is 0.229. The number of aromatic amines is 2. The molecule has 0 bridgehead atoms. The smallest absolute Gasteiger partial charge is 0.410 e. The number of ether oxygens (including phenoxy) is 2. The maximum Gasteiger partial charge on any atom is 0.410 e. The number of carbonyl (C=O) groups is 2. The summed E-state index contributed by atoms with van der Waals surface area (Å²) < 4.78 is 11.9. The molecule has 10 heteroatoms. The van der Waals surface area contributed by atoms with Crippen LogP contribution in [-0.4, -0.2) is 49.0 Å². The van der Waals surface area contributed by atoms with Crippen LogP contribution in [0.2, 0.25) is 0 Å². The van der Waals surface area contributed by atoms with Crippen molar-refractivity contribution >= 4 is 17.7 Å². The van der Waals surface area contributed by atoms with Crippen LogP contribution in [0.1, 0.15) is 93.3 Å². The fraction of sp³-hybridized carbons (Fsp3) is 0.394. The van der Waals surface area contributed by atoms with E-state index in [0.29, 0.717) is 41.0 Å². The topological polar surface area (TPSA) is 125 Å². The Labute approximate surface area is 250 Å². The van der Waals surface area contributed by atoms with Crippen LogP contribution in [0.25, 0.3) is 22.5 Å². The summed E-state index contributed by atoms with van der Waals surface area (Å²) in [7, 11) is 0. The van der Waals surface area contributed by atoms with Crippen LogP contribution in [0.5, 0.6) is 11.5 Å². The number of benzene rings is 2. The number of amides is 2. The van der Waals surface area contributed by atoms with Gasteiger partial charge in [0.1, 0.15) is 23.0 Å². The van der Waals surface area contributed by atoms with Crippen molar-refractivity contribution in [2.75, 3.05) is 11.9 Å². The highest BCUT2D eigenvalue weighted by Crippen LogP contribution is 2.40. The zero-order chi connectivity index (χ0) is 29.7. The van der Waals surface area contributed by atoms with Gasteiger partial charge >= 0.3 is 6.09 Å². The number of nitrogens with one attached hydrogen (secondary N) is 3. The highest BCUT2D eigenvalue weighted by molar-refractivity contribution is 6.08. The highest BCUT2D eigenvalue weighted by atomic mass is 16.6. The summed E-state index contributed by atoms with van der Waals surface area (Å²) >= 11 is 0. The van der Waals surface area contributed by atoms with E-state index in [4.69, 9.17) is 9.47 Å². The number of fused-ring (bicyclic) bond motifs is 2. The van der Waals surface area contributed by atoms with Crippen LogP contribution >= 0.6 is 0 Å². The van der Waals surface area contributed by atoms with E-state index in [1.807, 2.05) is 57.3 Å². The Morgan fingerprint density at radius 2 is 1.60 bits per heavy atom. The van der Waals surface area contributed by atoms with Gasteiger partial charge < -0.3 is 24.8 Å². The normalized spacial score (nSPS) is 18.5. The number of carbonyl (C=O) groups excluding carboxylic acids is 2. The Kier molecular flexibility index (Phi) is 6.71. The molecule has 1 aliphatic carbocycles. The van der Waals surface area contributed by atoms with Gasteiger partial charge in [0.05, 0.1) is 41.1 Å². The van der Waals surface area contributed by atoms with E-state index in [1.165, 1.54) is 25.7 Å². The molecule has 0 radical (unpaired) electrons. The minimum Gasteiger partial charge on any atom is -0.454 e. The molecule has 0 unspecified atom stereocenters. The first kappa shape index (κ1) is 27.2. The molecule has 2 aliphatic heterocycles. The van der Waals surface area contributed by atoms with Crippen molar-refractivity contribution in [2.24, 2.45) is 0 Å². The fourth-order valence-corrected chi connectivity index (χ4v) is 6.28. The number of aromatic nitrogens is 4. The van der Waals surface area contributed by atoms with E-state index in [1.54, 1.807) is 17.2 Å². The van der Waals surface area contributed by atoms with Gasteiger partial charge in [-0.05, 0) is 76.8 Å². The molecule has 2 aromatic heterocycles. The Hall–Kier alpha value is -4.60. The third-order valence-electron chi connectivity index (χ3n) is 8.43. The number of imidazole rings is 2. The Morgan fingerprint density at radius 1 is 0.907 bits per heavy atom. The maximum atomic E-state index is 13.3. The number of likely N-dealkylation sites (tertiary alicyclic amines) is 1. The number of hydrogen-bond donors (Lipinski definition) is 3. The summed E-state index contributed by atoms with van der Waals surface area (Å²) in [4.78, 5) is 44.0. The highest BCUT2D eigenvalue weighted by Gasteiger charge is 2.35. The van der Waals surface area contributed by atoms with Gasteiger partial charge in [-0.1, -0.05) is 18.9 Å². The van der Waals surface area contributed by atoms with Gasteiger partial charge in [0.15, 0.2) is 5.75 Å². The minimum absolute atomic E-state index is 0.191. The van der Waals surface area contributed by atoms with Gasteiger partial charge in [0.2, 0.25) is 0 Å². The van der Waals surface area contributed by atoms with Crippen molar-refractivity contribution in [1.29, 1.82) is 0 Å². The van der Waals surface area contributed by atoms with E-state index in [-0.39, 0.29) is 18.0 Å². The van der Waals surface area contributed by atoms with Crippen molar-refractivity contribution in [2.45, 2.75) is 76.9 Å². The van der Waals surface area contributed by atoms with Gasteiger partial charge in [-0.2, -0.15) is 0 Å². The summed E-state index contributed by atoms with van der Waals surface area (Å²) in [5, 5.41) is 3.00. The van der Waals surface area contributed by atoms with E-state index in [9.17, 15) is 9.59 Å². The molecule has 2 aromatic carbocycles. The molecule has 4 heterocycles. The zero-order valence-corrected chi connectivity index (χ0v) is 24.7. The summed E-state index contributed by atoms with van der Waals surface area (Å²) in [5.41, 5.74) is 3.89. The molecule has 1 saturated carbocycles. The lowest BCUT2D eigenvalue weighted by Crippen LogP contribution is -2.36. The maximum absolute atomic E-state index is 13.3. The number of rotatable bonds is 4. The summed E-state index contributed by atoms with van der Waals surface area (Å²) in [6.45, 7) is 6.21. The summed E-state index contributed by atoms with van der Waals surface area (Å²) in [6.07, 6.45) is 9.81. The second kappa shape index (κ2) is 10.6. The van der Waals surface area contributed by atoms with Crippen LogP contribution < -0.4 is 10.1 Å². The molecule has 2 amide bonds. The van der Waals surface area contributed by atoms with Gasteiger partial charge in [-0.15, -0.1) is 0 Å². The SMILES string of the molecule is CC(C)(C)OC(=O)N1CCC[C@H]1c1ncc(-c2ccc3c(c2)C(=O)Nc2ccc(-c4cnc(C5CCCC5)[nH]4)cc2O3)[nH]1. The molecule has 3 N–H and O–H groups in total. The van der Waals surface area contributed by atoms with Crippen LogP contribution in [0.3, 0.4) is 0 Å². The molecule has 10 nitrogen and oxygen atoms in total. The molecular weight excluding hydrogens is 544 g/mol. The molecule has 43 heavy (non-hydrogen) atoms. The van der Waals surface area contributed by atoms with Crippen molar-refractivity contribution in [1.82, 2.24) is 24.8 Å². The lowest BCUT2D eigenvalue weighted by Gasteiger charge is -2.27. The van der Waals surface area contributed by atoms with Gasteiger partial charge in [-0.25, -0.2) is 14.8 Å². The number of H-pyrrole nitrogens is 2. The second-order valence-corrected chi connectivity index (χ2v) is 12.7. The molecular formula is C33H36N6O4. The molecule has 0 spiro atoms. The van der Waals surface area contributed by atoms with Crippen LogP contribution in [-0.2, 0) is 4.74 Å². The Bertz CT molecular complexity index is 1690. The van der Waals surface area contributed by atoms with Gasteiger partial charge in [0, 0.05) is 23.6 Å². The van der Waals surface area contributed by atoms with Gasteiger partial charge in [-0.3, -0.25) is 9.69 Å². The fourth-order valence-electron chi connectivity index (χ4n) is 6.28. The summed E-state index contributed by atoms with van der Waals surface area (Å²) in [5.74, 6) is 3.03. The van der Waals surface area contributed by atoms with Crippen molar-refractivity contribution in [3.05, 3.63) is 66.0 Å². The lowest BCUT2D eigenvalue weighted by atomic mass is 10.1. The zero-order valence-electron chi connectivity index (χ0n) is 24.7. The minimum atomic E-state index is -0.568. The predicted molar refractivity (Wildman–Crippen MR) is 162 cm³/mol. The Morgan fingerprint density at radius 3 is 2.37 bits per heavy atom. The van der Waals surface area contributed by atoms with E-state index in [2.05, 4.69) is 25.3 Å². The molecule has 2 fully saturated rings. The molecule has 1 saturated heterocycles. The number of anilines is 1. The average molecular weight is 581 g/mol. The first-order chi connectivity index (χ1) is 20.7. The second-order valence-electron chi connectivity index (χ2n) is 12.7. The van der Waals surface area contributed by atoms with E-state index >= 15 is 0 Å². The number of nitrogens with zero attached hydrogens (tertiary/aromatic N) is 3. The summed E-state index contributed by atoms with van der Waals surface area (Å²) in [6, 6.07) is 11.1. The third-order valence-corrected chi connectivity index (χ3v) is 8.43. The van der Waals surface area contributed by atoms with Crippen molar-refractivity contribution in [3.63, 3.8) is 0 Å². The van der Waals surface area contributed by atoms with Crippen molar-refractivity contribution in [3.8, 4) is 34.0 Å². The monoisotopic (exact) mass is 580 g/mol. The first-order valence-electron chi connectivity index (χ1n) is 15.1. The number of hydrogen-bond acceptors (Lipinski definition) is 6. The van der Waals surface area contributed by atoms with Crippen LogP contribution in [0.4, 0.5) is 10.5 Å². The van der Waals surface area contributed by atoms with Crippen LogP contribution in [0, 0.1) is 0 Å². The molecule has 7 rings (SSSR count). The first-order valence-corrected chi connectivity index (χ1v) is 15.1. The third kappa shape index (κ3) is 5.37. The van der Waals surface area contributed by atoms with E-state index < -0.39 is 5.60 Å².